The summed E-state index contributed by atoms with van der Waals surface area (Å²) in [5.41, 5.74) is -26.7. The fraction of sp³-hybridized carbons (Fsp3) is 0.944. The Morgan fingerprint density at radius 3 is 1.70 bits per heavy atom. The van der Waals surface area contributed by atoms with E-state index >= 15 is 0 Å². The Balaban J connectivity index is 2.30. The summed E-state index contributed by atoms with van der Waals surface area (Å²) >= 11 is 0. The van der Waals surface area contributed by atoms with Crippen LogP contribution in [0.5, 0.6) is 0 Å². The molecule has 328 valence electrons. The van der Waals surface area contributed by atoms with Gasteiger partial charge in [-0.15, -0.1) is 0 Å². The first kappa shape index (κ1) is 48.7. The second-order valence-electron chi connectivity index (χ2n) is 18.3. The van der Waals surface area contributed by atoms with Crippen LogP contribution in [0.15, 0.2) is 0 Å². The van der Waals surface area contributed by atoms with Crippen molar-refractivity contribution >= 4 is 11.9 Å². The zero-order chi connectivity index (χ0) is 44.3. The van der Waals surface area contributed by atoms with Crippen LogP contribution in [0.2, 0.25) is 0 Å². The maximum Gasteiger partial charge on any atom is 0.365 e. The Morgan fingerprint density at radius 1 is 0.768 bits per heavy atom. The summed E-state index contributed by atoms with van der Waals surface area (Å²) in [5, 5.41) is 138. The minimum absolute atomic E-state index is 0.767. The second kappa shape index (κ2) is 13.7. The Kier molecular flexibility index (Phi) is 11.9. The largest absolute Gasteiger partial charge is 0.477 e. The summed E-state index contributed by atoms with van der Waals surface area (Å²) in [6, 6.07) is 0. The molecule has 0 aliphatic carbocycles. The lowest BCUT2D eigenvalue weighted by Crippen LogP contribution is -2.89. The number of carboxylic acids is 1. The van der Waals surface area contributed by atoms with Crippen LogP contribution < -0.4 is 5.32 Å². The van der Waals surface area contributed by atoms with E-state index in [0.717, 1.165) is 62.3 Å². The number of rotatable bonds is 11. The number of amides is 1. The van der Waals surface area contributed by atoms with Gasteiger partial charge in [0, 0.05) is 6.92 Å². The molecule has 20 nitrogen and oxygen atoms in total. The zero-order valence-electron chi connectivity index (χ0n) is 34.7. The molecule has 0 spiro atoms. The molecule has 56 heavy (non-hydrogen) atoms. The molecule has 3 rings (SSSR count). The monoisotopic (exact) mass is 815 g/mol. The summed E-state index contributed by atoms with van der Waals surface area (Å²) in [4.78, 5) is 26.2. The van der Waals surface area contributed by atoms with Gasteiger partial charge < -0.3 is 90.3 Å². The van der Waals surface area contributed by atoms with Gasteiger partial charge in [-0.25, -0.2) is 4.79 Å². The molecule has 8 unspecified atom stereocenters. The van der Waals surface area contributed by atoms with Gasteiger partial charge in [0.05, 0.1) is 36.4 Å². The van der Waals surface area contributed by atoms with Crippen LogP contribution in [0.1, 0.15) is 96.9 Å². The van der Waals surface area contributed by atoms with Crippen molar-refractivity contribution in [1.29, 1.82) is 0 Å². The summed E-state index contributed by atoms with van der Waals surface area (Å²) in [5.74, 6) is -8.48. The molecule has 0 saturated carbocycles. The van der Waals surface area contributed by atoms with Crippen molar-refractivity contribution in [3.63, 3.8) is 0 Å². The first-order valence-corrected chi connectivity index (χ1v) is 18.2. The predicted molar refractivity (Wildman–Crippen MR) is 190 cm³/mol. The van der Waals surface area contributed by atoms with Crippen molar-refractivity contribution in [3.8, 4) is 0 Å². The minimum Gasteiger partial charge on any atom is -0.477 e. The van der Waals surface area contributed by atoms with Crippen molar-refractivity contribution in [2.24, 2.45) is 5.41 Å². The number of aliphatic hydroxyl groups excluding tert-OH is 6. The highest BCUT2D eigenvalue weighted by atomic mass is 16.8. The van der Waals surface area contributed by atoms with E-state index in [4.69, 9.17) is 23.7 Å². The Morgan fingerprint density at radius 2 is 1.27 bits per heavy atom. The van der Waals surface area contributed by atoms with Crippen molar-refractivity contribution in [2.75, 3.05) is 19.8 Å². The third-order valence-corrected chi connectivity index (χ3v) is 14.6. The van der Waals surface area contributed by atoms with Crippen molar-refractivity contribution in [3.05, 3.63) is 0 Å². The molecule has 3 heterocycles. The van der Waals surface area contributed by atoms with E-state index in [1.165, 1.54) is 34.6 Å². The van der Waals surface area contributed by atoms with Gasteiger partial charge in [0.25, 0.3) is 5.79 Å². The van der Waals surface area contributed by atoms with Crippen molar-refractivity contribution in [1.82, 2.24) is 5.32 Å². The number of aliphatic hydroxyl groups is 11. The molecular weight excluding hydrogens is 750 g/mol. The lowest BCUT2D eigenvalue weighted by molar-refractivity contribution is -0.500. The number of carbonyl (C=O) groups excluding carboxylic acids is 1. The molecule has 3 fully saturated rings. The lowest BCUT2D eigenvalue weighted by Gasteiger charge is -2.69. The van der Waals surface area contributed by atoms with Crippen molar-refractivity contribution < 1.29 is 94.6 Å². The number of hydrogen-bond donors (Lipinski definition) is 13. The number of aliphatic carboxylic acids is 1. The van der Waals surface area contributed by atoms with Crippen LogP contribution in [-0.2, 0) is 33.3 Å². The highest BCUT2D eigenvalue weighted by Crippen LogP contribution is 2.61. The first-order valence-electron chi connectivity index (χ1n) is 18.2. The molecule has 1 amide bonds. The van der Waals surface area contributed by atoms with Crippen LogP contribution >= 0.6 is 0 Å². The van der Waals surface area contributed by atoms with Crippen LogP contribution in [0.25, 0.3) is 0 Å². The summed E-state index contributed by atoms with van der Waals surface area (Å²) < 4.78 is 30.6. The number of ether oxygens (including phenoxy) is 5. The van der Waals surface area contributed by atoms with Gasteiger partial charge in [-0.2, -0.15) is 0 Å². The van der Waals surface area contributed by atoms with Gasteiger partial charge in [0.2, 0.25) is 5.91 Å². The highest BCUT2D eigenvalue weighted by Gasteiger charge is 2.81. The van der Waals surface area contributed by atoms with Gasteiger partial charge >= 0.3 is 5.97 Å². The number of carboxylic acid groups (broad SMARTS) is 1. The second-order valence-corrected chi connectivity index (χ2v) is 18.3. The molecule has 0 aromatic heterocycles. The average Bonchev–Trinajstić information content (AvgIpc) is 3.05. The Labute approximate surface area is 325 Å². The maximum atomic E-state index is 13.6. The Hall–Kier alpha value is -1.70. The van der Waals surface area contributed by atoms with Crippen LogP contribution in [0.4, 0.5) is 0 Å². The van der Waals surface area contributed by atoms with E-state index in [-0.39, 0.29) is 0 Å². The van der Waals surface area contributed by atoms with Gasteiger partial charge in [0.1, 0.15) is 63.1 Å². The van der Waals surface area contributed by atoms with E-state index < -0.39 is 129 Å². The fourth-order valence-electron chi connectivity index (χ4n) is 8.85. The normalized spacial score (nSPS) is 53.2. The SMILES string of the molecule is CC(=O)N[C@@]1(C)C(C)(C(O)C(O)CO)O[C@@](OCC2(C)O[C@@](C)(O[C@]3(C)C(C)(CO)OC(O)C(C)(O)[C@]3(C)O)C(C)(O)[C@](C)(O)[C@H]2O)(C(=O)O)C(C)(C)[C@@]1(C)O. The molecule has 16 atom stereocenters. The number of carbonyl (C=O) groups is 2. The summed E-state index contributed by atoms with van der Waals surface area (Å²) in [6.07, 6.45) is -8.55. The van der Waals surface area contributed by atoms with Gasteiger partial charge in [-0.05, 0) is 76.2 Å². The fourth-order valence-corrected chi connectivity index (χ4v) is 8.85. The molecular formula is C36H65NO19. The van der Waals surface area contributed by atoms with E-state index in [2.05, 4.69) is 5.32 Å². The van der Waals surface area contributed by atoms with Crippen LogP contribution in [0, 0.1) is 5.41 Å². The van der Waals surface area contributed by atoms with E-state index in [0.29, 0.717) is 0 Å². The maximum absolute atomic E-state index is 13.6. The molecule has 20 heteroatoms. The van der Waals surface area contributed by atoms with E-state index in [1.54, 1.807) is 0 Å². The molecule has 0 aromatic rings. The standard InChI is InChI=1S/C36H65NO19/c1-18(40)37-30(9)29(8,20(42)19(41)15-38)55-36(22(44)45,24(2,3)31(30,10)49)52-17-25(4)21(43)27(6,47)33(12,51)35(14,54-25)56-34(13)26(5,16-39)53-23(46)28(7,48)32(34,11)50/h19-21,23,38-39,41-43,46-51H,15-17H2,1-14H3,(H,37,40)(H,44,45)/t19?,20?,21-,23?,25?,26?,27+,28?,29?,30-,31+,32-,33?,34+,35-,36-/m0/s1. The van der Waals surface area contributed by atoms with Crippen molar-refractivity contribution in [2.45, 2.75) is 189 Å². The quantitative estimate of drug-likeness (QED) is 0.0972. The zero-order valence-corrected chi connectivity index (χ0v) is 34.7. The Bertz CT molecular complexity index is 1530. The molecule has 3 aliphatic rings. The van der Waals surface area contributed by atoms with Crippen LogP contribution in [0.3, 0.4) is 0 Å². The van der Waals surface area contributed by atoms with Gasteiger partial charge in [0.15, 0.2) is 12.1 Å². The van der Waals surface area contributed by atoms with E-state index in [1.807, 2.05) is 0 Å². The molecule has 0 bridgehead atoms. The smallest absolute Gasteiger partial charge is 0.365 e. The highest BCUT2D eigenvalue weighted by molar-refractivity contribution is 5.79. The summed E-state index contributed by atoms with van der Waals surface area (Å²) in [7, 11) is 0. The minimum atomic E-state index is -3.12. The average molecular weight is 816 g/mol. The van der Waals surface area contributed by atoms with Gasteiger partial charge in [-0.1, -0.05) is 13.8 Å². The molecule has 3 aliphatic heterocycles. The first-order chi connectivity index (χ1) is 24.7. The molecule has 3 saturated heterocycles. The predicted octanol–water partition coefficient (Wildman–Crippen LogP) is -3.30. The molecule has 13 N–H and O–H groups in total. The van der Waals surface area contributed by atoms with Gasteiger partial charge in [-0.3, -0.25) is 4.79 Å². The number of hydrogen-bond acceptors (Lipinski definition) is 18. The number of nitrogens with one attached hydrogen (secondary N) is 1. The third kappa shape index (κ3) is 5.86. The molecule has 0 aromatic carbocycles. The third-order valence-electron chi connectivity index (χ3n) is 14.6. The van der Waals surface area contributed by atoms with Crippen LogP contribution in [-0.4, -0.2) is 185 Å². The van der Waals surface area contributed by atoms with E-state index in [9.17, 15) is 70.9 Å². The summed E-state index contributed by atoms with van der Waals surface area (Å²) in [6.45, 7) is 12.4. The molecule has 0 radical (unpaired) electrons. The lowest BCUT2D eigenvalue weighted by atomic mass is 9.52. The topological polar surface area (TPSA) is 335 Å².